The SMILES string of the molecule is COc1cc(C(=O)NC2(C)CCC(C)C2)ccc1OC1CCCC1. The Morgan fingerprint density at radius 2 is 1.96 bits per heavy atom. The minimum Gasteiger partial charge on any atom is -0.493 e. The van der Waals surface area contributed by atoms with E-state index in [0.29, 0.717) is 17.2 Å². The average Bonchev–Trinajstić information content (AvgIpc) is 3.17. The number of nitrogens with one attached hydrogen (secondary N) is 1. The van der Waals surface area contributed by atoms with Gasteiger partial charge in [-0.05, 0) is 76.0 Å². The minimum atomic E-state index is -0.0945. The molecule has 0 spiro atoms. The molecule has 2 aliphatic carbocycles. The van der Waals surface area contributed by atoms with Crippen molar-refractivity contribution in [2.45, 2.75) is 70.4 Å². The van der Waals surface area contributed by atoms with Gasteiger partial charge in [-0.3, -0.25) is 4.79 Å². The van der Waals surface area contributed by atoms with Gasteiger partial charge < -0.3 is 14.8 Å². The molecule has 24 heavy (non-hydrogen) atoms. The largest absolute Gasteiger partial charge is 0.493 e. The van der Waals surface area contributed by atoms with E-state index in [1.54, 1.807) is 13.2 Å². The fourth-order valence-electron chi connectivity index (χ4n) is 4.09. The van der Waals surface area contributed by atoms with E-state index >= 15 is 0 Å². The van der Waals surface area contributed by atoms with Crippen LogP contribution in [0.4, 0.5) is 0 Å². The normalized spacial score (nSPS) is 27.2. The summed E-state index contributed by atoms with van der Waals surface area (Å²) in [5, 5.41) is 3.21. The van der Waals surface area contributed by atoms with Gasteiger partial charge in [0.25, 0.3) is 5.91 Å². The maximum atomic E-state index is 12.6. The number of hydrogen-bond donors (Lipinski definition) is 1. The maximum absolute atomic E-state index is 12.6. The molecule has 1 N–H and O–H groups in total. The predicted octanol–water partition coefficient (Wildman–Crippen LogP) is 4.33. The zero-order valence-electron chi connectivity index (χ0n) is 15.1. The minimum absolute atomic E-state index is 0.0303. The topological polar surface area (TPSA) is 47.6 Å². The van der Waals surface area contributed by atoms with Crippen molar-refractivity contribution in [2.24, 2.45) is 5.92 Å². The van der Waals surface area contributed by atoms with Gasteiger partial charge in [0.2, 0.25) is 0 Å². The Morgan fingerprint density at radius 3 is 2.58 bits per heavy atom. The highest BCUT2D eigenvalue weighted by Crippen LogP contribution is 2.35. The van der Waals surface area contributed by atoms with Crippen LogP contribution in [-0.2, 0) is 0 Å². The van der Waals surface area contributed by atoms with Crippen molar-refractivity contribution in [2.75, 3.05) is 7.11 Å². The predicted molar refractivity (Wildman–Crippen MR) is 94.8 cm³/mol. The van der Waals surface area contributed by atoms with E-state index in [1.165, 1.54) is 19.3 Å². The lowest BCUT2D eigenvalue weighted by Crippen LogP contribution is -2.43. The lowest BCUT2D eigenvalue weighted by molar-refractivity contribution is 0.0906. The number of hydrogen-bond acceptors (Lipinski definition) is 3. The summed E-state index contributed by atoms with van der Waals surface area (Å²) >= 11 is 0. The van der Waals surface area contributed by atoms with Crippen LogP contribution in [-0.4, -0.2) is 24.7 Å². The summed E-state index contributed by atoms with van der Waals surface area (Å²) in [4.78, 5) is 12.6. The van der Waals surface area contributed by atoms with E-state index < -0.39 is 0 Å². The van der Waals surface area contributed by atoms with Crippen LogP contribution in [0.1, 0.15) is 69.2 Å². The van der Waals surface area contributed by atoms with Crippen molar-refractivity contribution in [3.05, 3.63) is 23.8 Å². The fraction of sp³-hybridized carbons (Fsp3) is 0.650. The molecule has 1 amide bonds. The first-order valence-electron chi connectivity index (χ1n) is 9.16. The van der Waals surface area contributed by atoms with Crippen LogP contribution in [0.15, 0.2) is 18.2 Å². The molecule has 0 aliphatic heterocycles. The highest BCUT2D eigenvalue weighted by Gasteiger charge is 2.34. The van der Waals surface area contributed by atoms with Gasteiger partial charge in [0, 0.05) is 11.1 Å². The first kappa shape index (κ1) is 17.1. The summed E-state index contributed by atoms with van der Waals surface area (Å²) in [5.41, 5.74) is 0.536. The Morgan fingerprint density at radius 1 is 1.21 bits per heavy atom. The smallest absolute Gasteiger partial charge is 0.251 e. The standard InChI is InChI=1S/C20H29NO3/c1-14-10-11-20(2,13-14)21-19(22)15-8-9-17(18(12-15)23-3)24-16-6-4-5-7-16/h8-9,12,14,16H,4-7,10-11,13H2,1-3H3,(H,21,22). The molecule has 0 radical (unpaired) electrons. The van der Waals surface area contributed by atoms with Gasteiger partial charge in [-0.15, -0.1) is 0 Å². The number of carbonyl (C=O) groups excluding carboxylic acids is 1. The van der Waals surface area contributed by atoms with E-state index in [0.717, 1.165) is 31.4 Å². The average molecular weight is 331 g/mol. The first-order chi connectivity index (χ1) is 11.5. The highest BCUT2D eigenvalue weighted by molar-refractivity contribution is 5.95. The van der Waals surface area contributed by atoms with Crippen LogP contribution in [0, 0.1) is 5.92 Å². The van der Waals surface area contributed by atoms with E-state index in [2.05, 4.69) is 19.2 Å². The molecule has 1 aromatic rings. The molecule has 0 heterocycles. The summed E-state index contributed by atoms with van der Waals surface area (Å²) in [6, 6.07) is 5.50. The number of benzene rings is 1. The van der Waals surface area contributed by atoms with Gasteiger partial charge in [-0.25, -0.2) is 0 Å². The molecule has 0 bridgehead atoms. The Kier molecular flexibility index (Phi) is 5.02. The Labute approximate surface area is 144 Å². The molecule has 0 aromatic heterocycles. The van der Waals surface area contributed by atoms with E-state index in [4.69, 9.17) is 9.47 Å². The molecule has 2 atom stereocenters. The summed E-state index contributed by atoms with van der Waals surface area (Å²) < 4.78 is 11.5. The van der Waals surface area contributed by atoms with Crippen molar-refractivity contribution in [1.82, 2.24) is 5.32 Å². The zero-order chi connectivity index (χ0) is 17.2. The second kappa shape index (κ2) is 7.04. The van der Waals surface area contributed by atoms with E-state index in [1.807, 2.05) is 12.1 Å². The van der Waals surface area contributed by atoms with Crippen LogP contribution in [0.3, 0.4) is 0 Å². The van der Waals surface area contributed by atoms with Crippen molar-refractivity contribution < 1.29 is 14.3 Å². The summed E-state index contributed by atoms with van der Waals surface area (Å²) in [7, 11) is 1.62. The Hall–Kier alpha value is -1.71. The van der Waals surface area contributed by atoms with Gasteiger partial charge in [0.05, 0.1) is 13.2 Å². The third-order valence-corrected chi connectivity index (χ3v) is 5.42. The molecule has 2 aliphatic rings. The molecule has 132 valence electrons. The molecule has 4 nitrogen and oxygen atoms in total. The zero-order valence-corrected chi connectivity index (χ0v) is 15.1. The number of ether oxygens (including phenoxy) is 2. The van der Waals surface area contributed by atoms with Crippen molar-refractivity contribution in [3.63, 3.8) is 0 Å². The second-order valence-corrected chi connectivity index (χ2v) is 7.75. The molecular weight excluding hydrogens is 302 g/mol. The number of methoxy groups -OCH3 is 1. The second-order valence-electron chi connectivity index (χ2n) is 7.75. The summed E-state index contributed by atoms with van der Waals surface area (Å²) in [6.07, 6.45) is 8.18. The molecular formula is C20H29NO3. The monoisotopic (exact) mass is 331 g/mol. The summed E-state index contributed by atoms with van der Waals surface area (Å²) in [6.45, 7) is 4.39. The van der Waals surface area contributed by atoms with Crippen LogP contribution in [0.2, 0.25) is 0 Å². The van der Waals surface area contributed by atoms with Crippen molar-refractivity contribution in [3.8, 4) is 11.5 Å². The van der Waals surface area contributed by atoms with Crippen LogP contribution >= 0.6 is 0 Å². The van der Waals surface area contributed by atoms with Crippen LogP contribution < -0.4 is 14.8 Å². The maximum Gasteiger partial charge on any atom is 0.251 e. The van der Waals surface area contributed by atoms with Gasteiger partial charge in [0.15, 0.2) is 11.5 Å². The number of rotatable bonds is 5. The quantitative estimate of drug-likeness (QED) is 0.874. The molecule has 3 rings (SSSR count). The molecule has 2 fully saturated rings. The Bertz CT molecular complexity index is 595. The third-order valence-electron chi connectivity index (χ3n) is 5.42. The molecule has 0 saturated heterocycles. The van der Waals surface area contributed by atoms with Gasteiger partial charge in [-0.1, -0.05) is 6.92 Å². The molecule has 2 unspecified atom stereocenters. The van der Waals surface area contributed by atoms with Gasteiger partial charge >= 0.3 is 0 Å². The van der Waals surface area contributed by atoms with E-state index in [-0.39, 0.29) is 17.6 Å². The molecule has 1 aromatic carbocycles. The van der Waals surface area contributed by atoms with E-state index in [9.17, 15) is 4.79 Å². The summed E-state index contributed by atoms with van der Waals surface area (Å²) in [5.74, 6) is 2.02. The van der Waals surface area contributed by atoms with Gasteiger partial charge in [-0.2, -0.15) is 0 Å². The molecule has 4 heteroatoms. The van der Waals surface area contributed by atoms with Crippen LogP contribution in [0.5, 0.6) is 11.5 Å². The molecule has 2 saturated carbocycles. The lowest BCUT2D eigenvalue weighted by atomic mass is 9.98. The third kappa shape index (κ3) is 3.85. The fourth-order valence-corrected chi connectivity index (χ4v) is 4.09. The van der Waals surface area contributed by atoms with Crippen molar-refractivity contribution in [1.29, 1.82) is 0 Å². The first-order valence-corrected chi connectivity index (χ1v) is 9.16. The lowest BCUT2D eigenvalue weighted by Gasteiger charge is -2.26. The van der Waals surface area contributed by atoms with Gasteiger partial charge in [0.1, 0.15) is 0 Å². The Balaban J connectivity index is 1.70. The van der Waals surface area contributed by atoms with Crippen LogP contribution in [0.25, 0.3) is 0 Å². The number of carbonyl (C=O) groups is 1. The highest BCUT2D eigenvalue weighted by atomic mass is 16.5. The van der Waals surface area contributed by atoms with Crippen molar-refractivity contribution >= 4 is 5.91 Å². The number of amides is 1.